The highest BCUT2D eigenvalue weighted by Crippen LogP contribution is 2.34. The van der Waals surface area contributed by atoms with Crippen LogP contribution in [-0.4, -0.2) is 30.2 Å². The molecule has 0 fully saturated rings. The molecule has 3 aromatic rings. The van der Waals surface area contributed by atoms with Crippen LogP contribution in [0.3, 0.4) is 0 Å². The number of nitrogens with one attached hydrogen (secondary N) is 2. The third-order valence-electron chi connectivity index (χ3n) is 4.29. The summed E-state index contributed by atoms with van der Waals surface area (Å²) in [6.07, 6.45) is 2.95. The molecule has 0 spiro atoms. The number of ether oxygens (including phenoxy) is 1. The maximum Gasteiger partial charge on any atom is 0.287 e. The normalized spacial score (nSPS) is 11.2. The molecule has 3 rings (SSSR count). The van der Waals surface area contributed by atoms with Crippen molar-refractivity contribution in [3.8, 4) is 11.5 Å². The van der Waals surface area contributed by atoms with Gasteiger partial charge < -0.3 is 15.2 Å². The molecule has 3 aromatic carbocycles. The minimum absolute atomic E-state index is 0.0340. The Labute approximate surface area is 193 Å². The van der Waals surface area contributed by atoms with Crippen LogP contribution in [0.1, 0.15) is 21.5 Å². The second-order valence-electron chi connectivity index (χ2n) is 6.54. The second kappa shape index (κ2) is 10.9. The van der Waals surface area contributed by atoms with Crippen molar-refractivity contribution in [1.29, 1.82) is 0 Å². The van der Waals surface area contributed by atoms with Crippen molar-refractivity contribution in [2.75, 3.05) is 7.11 Å². The van der Waals surface area contributed by atoms with Gasteiger partial charge in [-0.2, -0.15) is 5.10 Å². The highest BCUT2D eigenvalue weighted by Gasteiger charge is 2.14. The van der Waals surface area contributed by atoms with Gasteiger partial charge >= 0.3 is 0 Å². The Morgan fingerprint density at radius 2 is 1.66 bits per heavy atom. The molecule has 0 radical (unpaired) electrons. The zero-order valence-electron chi connectivity index (χ0n) is 17.1. The lowest BCUT2D eigenvalue weighted by molar-refractivity contribution is -0.117. The summed E-state index contributed by atoms with van der Waals surface area (Å²) in [5.41, 5.74) is 4.18. The fourth-order valence-electron chi connectivity index (χ4n) is 2.71. The van der Waals surface area contributed by atoms with Crippen LogP contribution in [0.5, 0.6) is 11.5 Å². The van der Waals surface area contributed by atoms with Gasteiger partial charge in [-0.1, -0.05) is 48.5 Å². The van der Waals surface area contributed by atoms with Gasteiger partial charge in [-0.25, -0.2) is 5.43 Å². The number of nitrogens with zero attached hydrogens (tertiary/aromatic N) is 1. The summed E-state index contributed by atoms with van der Waals surface area (Å²) < 4.78 is 5.52. The van der Waals surface area contributed by atoms with E-state index in [-0.39, 0.29) is 17.2 Å². The number of carbonyl (C=O) groups is 2. The second-order valence-corrected chi connectivity index (χ2v) is 7.40. The van der Waals surface area contributed by atoms with Crippen LogP contribution >= 0.6 is 15.9 Å². The molecule has 0 atom stereocenters. The zero-order chi connectivity index (χ0) is 22.9. The van der Waals surface area contributed by atoms with Crippen LogP contribution in [0.15, 0.2) is 88.1 Å². The summed E-state index contributed by atoms with van der Waals surface area (Å²) in [4.78, 5) is 25.3. The van der Waals surface area contributed by atoms with Crippen molar-refractivity contribution in [3.63, 3.8) is 0 Å². The minimum Gasteiger partial charge on any atom is -0.503 e. The number of methoxy groups -OCH3 is 1. The van der Waals surface area contributed by atoms with Crippen LogP contribution < -0.4 is 15.5 Å². The van der Waals surface area contributed by atoms with E-state index in [4.69, 9.17) is 4.74 Å². The Morgan fingerprint density at radius 3 is 2.31 bits per heavy atom. The van der Waals surface area contributed by atoms with Crippen molar-refractivity contribution in [3.05, 3.63) is 99.7 Å². The number of amides is 2. The highest BCUT2D eigenvalue weighted by molar-refractivity contribution is 9.10. The molecular formula is C24H20BrN3O4. The van der Waals surface area contributed by atoms with E-state index in [9.17, 15) is 14.7 Å². The lowest BCUT2D eigenvalue weighted by Crippen LogP contribution is -2.32. The van der Waals surface area contributed by atoms with Gasteiger partial charge in [0.15, 0.2) is 11.5 Å². The van der Waals surface area contributed by atoms with Gasteiger partial charge in [-0.05, 0) is 57.4 Å². The van der Waals surface area contributed by atoms with Crippen molar-refractivity contribution in [2.24, 2.45) is 5.10 Å². The van der Waals surface area contributed by atoms with Gasteiger partial charge in [0.25, 0.3) is 11.8 Å². The molecule has 0 saturated heterocycles. The molecule has 0 aliphatic rings. The number of hydrazone groups is 1. The summed E-state index contributed by atoms with van der Waals surface area (Å²) in [7, 11) is 1.43. The average Bonchev–Trinajstić information content (AvgIpc) is 2.81. The van der Waals surface area contributed by atoms with E-state index in [0.29, 0.717) is 15.6 Å². The van der Waals surface area contributed by atoms with Crippen molar-refractivity contribution in [2.45, 2.75) is 0 Å². The SMILES string of the molecule is COc1cc(/C=N\NC(=O)/C(=C/c2ccccc2)NC(=O)c2ccccc2)cc(Br)c1O. The Hall–Kier alpha value is -3.91. The van der Waals surface area contributed by atoms with E-state index in [1.54, 1.807) is 48.5 Å². The Morgan fingerprint density at radius 1 is 1.00 bits per heavy atom. The molecule has 2 amide bonds. The van der Waals surface area contributed by atoms with E-state index in [0.717, 1.165) is 5.56 Å². The number of carbonyl (C=O) groups excluding carboxylic acids is 2. The van der Waals surface area contributed by atoms with Crippen molar-refractivity contribution >= 4 is 40.0 Å². The number of benzene rings is 3. The predicted molar refractivity (Wildman–Crippen MR) is 126 cm³/mol. The smallest absolute Gasteiger partial charge is 0.287 e. The molecular weight excluding hydrogens is 474 g/mol. The molecule has 0 aliphatic heterocycles. The Balaban J connectivity index is 1.79. The van der Waals surface area contributed by atoms with Crippen LogP contribution in [0, 0.1) is 0 Å². The maximum atomic E-state index is 12.8. The number of aromatic hydroxyl groups is 1. The van der Waals surface area contributed by atoms with Gasteiger partial charge in [0, 0.05) is 5.56 Å². The van der Waals surface area contributed by atoms with Crippen LogP contribution in [-0.2, 0) is 4.79 Å². The van der Waals surface area contributed by atoms with Crippen LogP contribution in [0.4, 0.5) is 0 Å². The molecule has 0 aliphatic carbocycles. The number of rotatable bonds is 7. The van der Waals surface area contributed by atoms with Gasteiger partial charge in [-0.15, -0.1) is 0 Å². The third-order valence-corrected chi connectivity index (χ3v) is 4.89. The number of hydrogen-bond acceptors (Lipinski definition) is 5. The Kier molecular flexibility index (Phi) is 7.77. The first kappa shape index (κ1) is 22.8. The predicted octanol–water partition coefficient (Wildman–Crippen LogP) is 4.08. The summed E-state index contributed by atoms with van der Waals surface area (Å²) in [5.74, 6) is -0.796. The molecule has 8 heteroatoms. The number of phenolic OH excluding ortho intramolecular Hbond substituents is 1. The summed E-state index contributed by atoms with van der Waals surface area (Å²) in [6, 6.07) is 20.9. The Bertz CT molecular complexity index is 1160. The summed E-state index contributed by atoms with van der Waals surface area (Å²) >= 11 is 3.23. The molecule has 0 unspecified atom stereocenters. The van der Waals surface area contributed by atoms with E-state index in [1.807, 2.05) is 30.3 Å². The minimum atomic E-state index is -0.598. The molecule has 7 nitrogen and oxygen atoms in total. The first-order valence-corrected chi connectivity index (χ1v) is 10.3. The van der Waals surface area contributed by atoms with E-state index >= 15 is 0 Å². The van der Waals surface area contributed by atoms with Crippen molar-refractivity contribution < 1.29 is 19.4 Å². The lowest BCUT2D eigenvalue weighted by atomic mass is 10.1. The quantitative estimate of drug-likeness (QED) is 0.262. The number of hydrogen-bond donors (Lipinski definition) is 3. The van der Waals surface area contributed by atoms with E-state index < -0.39 is 11.8 Å². The first-order chi connectivity index (χ1) is 15.5. The maximum absolute atomic E-state index is 12.8. The summed E-state index contributed by atoms with van der Waals surface area (Å²) in [5, 5.41) is 16.5. The fraction of sp³-hybridized carbons (Fsp3) is 0.0417. The molecule has 0 saturated carbocycles. The third kappa shape index (κ3) is 6.05. The van der Waals surface area contributed by atoms with Gasteiger partial charge in [-0.3, -0.25) is 9.59 Å². The first-order valence-electron chi connectivity index (χ1n) is 9.51. The molecule has 162 valence electrons. The number of phenols is 1. The molecule has 0 heterocycles. The van der Waals surface area contributed by atoms with Gasteiger partial charge in [0.1, 0.15) is 5.70 Å². The van der Waals surface area contributed by atoms with Gasteiger partial charge in [0.05, 0.1) is 17.8 Å². The molecule has 3 N–H and O–H groups in total. The molecule has 32 heavy (non-hydrogen) atoms. The highest BCUT2D eigenvalue weighted by atomic mass is 79.9. The average molecular weight is 494 g/mol. The molecule has 0 bridgehead atoms. The fourth-order valence-corrected chi connectivity index (χ4v) is 3.17. The number of halogens is 1. The van der Waals surface area contributed by atoms with Crippen molar-refractivity contribution in [1.82, 2.24) is 10.7 Å². The lowest BCUT2D eigenvalue weighted by Gasteiger charge is -2.09. The zero-order valence-corrected chi connectivity index (χ0v) is 18.7. The van der Waals surface area contributed by atoms with Gasteiger partial charge in [0.2, 0.25) is 0 Å². The van der Waals surface area contributed by atoms with Crippen LogP contribution in [0.2, 0.25) is 0 Å². The van der Waals surface area contributed by atoms with E-state index in [2.05, 4.69) is 31.8 Å². The summed E-state index contributed by atoms with van der Waals surface area (Å²) in [6.45, 7) is 0. The standard InChI is InChI=1S/C24H20BrN3O4/c1-32-21-14-17(12-19(25)22(21)29)15-26-28-24(31)20(13-16-8-4-2-5-9-16)27-23(30)18-10-6-3-7-11-18/h2-15,29H,1H3,(H,27,30)(H,28,31)/b20-13-,26-15-. The topological polar surface area (TPSA) is 100 Å². The van der Waals surface area contributed by atoms with Crippen LogP contribution in [0.25, 0.3) is 6.08 Å². The van der Waals surface area contributed by atoms with E-state index in [1.165, 1.54) is 13.3 Å². The monoisotopic (exact) mass is 493 g/mol. The molecule has 0 aromatic heterocycles. The largest absolute Gasteiger partial charge is 0.503 e.